The van der Waals surface area contributed by atoms with Crippen molar-refractivity contribution in [1.82, 2.24) is 0 Å². The molecule has 0 aromatic heterocycles. The van der Waals surface area contributed by atoms with Gasteiger partial charge < -0.3 is 18.9 Å². The molecule has 0 heterocycles. The van der Waals surface area contributed by atoms with Crippen LogP contribution in [0.25, 0.3) is 0 Å². The van der Waals surface area contributed by atoms with E-state index in [1.807, 2.05) is 24.3 Å². The van der Waals surface area contributed by atoms with E-state index in [1.165, 1.54) is 21.3 Å². The molecule has 9 heteroatoms. The lowest BCUT2D eigenvalue weighted by atomic mass is 9.71. The Morgan fingerprint density at radius 1 is 0.872 bits per heavy atom. The molecule has 0 saturated heterocycles. The number of hydrogen-bond acceptors (Lipinski definition) is 9. The number of carbonyl (C=O) groups excluding carboxylic acids is 5. The van der Waals surface area contributed by atoms with Gasteiger partial charge in [0.2, 0.25) is 0 Å². The number of esters is 4. The smallest absolute Gasteiger partial charge is 0.320 e. The maximum Gasteiger partial charge on any atom is 0.320 e. The highest BCUT2D eigenvalue weighted by Crippen LogP contribution is 2.47. The SMILES string of the molecule is CCCCC/C=C/C(CC(=O)OCC)C1[C@@H](C(C(=O)OC)C(=O)OC)CC(=O)[C@@H]1C/C=C\CCCC(=O)OC. The molecule has 0 aromatic carbocycles. The number of methoxy groups -OCH3 is 3. The molecular formula is C30H46O9. The molecule has 0 N–H and O–H groups in total. The fourth-order valence-corrected chi connectivity index (χ4v) is 5.33. The normalized spacial score (nSPS) is 19.9. The predicted octanol–water partition coefficient (Wildman–Crippen LogP) is 4.77. The van der Waals surface area contributed by atoms with Crippen LogP contribution in [0.1, 0.15) is 78.1 Å². The lowest BCUT2D eigenvalue weighted by molar-refractivity contribution is -0.162. The molecule has 1 aliphatic rings. The van der Waals surface area contributed by atoms with Crippen molar-refractivity contribution < 1.29 is 42.9 Å². The van der Waals surface area contributed by atoms with E-state index >= 15 is 0 Å². The van der Waals surface area contributed by atoms with Gasteiger partial charge in [0, 0.05) is 18.8 Å². The Labute approximate surface area is 232 Å². The molecule has 39 heavy (non-hydrogen) atoms. The third-order valence-electron chi connectivity index (χ3n) is 7.24. The molecule has 1 aliphatic carbocycles. The minimum Gasteiger partial charge on any atom is -0.469 e. The van der Waals surface area contributed by atoms with E-state index in [-0.39, 0.29) is 31.2 Å². The zero-order valence-corrected chi connectivity index (χ0v) is 24.1. The molecule has 1 saturated carbocycles. The van der Waals surface area contributed by atoms with Gasteiger partial charge in [0.25, 0.3) is 0 Å². The Bertz CT molecular complexity index is 844. The van der Waals surface area contributed by atoms with Gasteiger partial charge in [-0.3, -0.25) is 24.0 Å². The summed E-state index contributed by atoms with van der Waals surface area (Å²) in [7, 11) is 3.74. The molecule has 9 nitrogen and oxygen atoms in total. The summed E-state index contributed by atoms with van der Waals surface area (Å²) in [5.41, 5.74) is 0. The number of hydrogen-bond donors (Lipinski definition) is 0. The van der Waals surface area contributed by atoms with Gasteiger partial charge in [-0.25, -0.2) is 0 Å². The van der Waals surface area contributed by atoms with Gasteiger partial charge in [-0.1, -0.05) is 44.1 Å². The second kappa shape index (κ2) is 19.1. The van der Waals surface area contributed by atoms with Gasteiger partial charge in [0.1, 0.15) is 5.78 Å². The first-order chi connectivity index (χ1) is 18.7. The molecule has 0 aliphatic heterocycles. The summed E-state index contributed by atoms with van der Waals surface area (Å²) < 4.78 is 19.8. The molecule has 1 fully saturated rings. The van der Waals surface area contributed by atoms with Crippen molar-refractivity contribution in [3.8, 4) is 0 Å². The molecule has 0 radical (unpaired) electrons. The van der Waals surface area contributed by atoms with Crippen molar-refractivity contribution in [2.75, 3.05) is 27.9 Å². The van der Waals surface area contributed by atoms with E-state index in [2.05, 4.69) is 11.7 Å². The average Bonchev–Trinajstić information content (AvgIpc) is 3.24. The van der Waals surface area contributed by atoms with Crippen LogP contribution in [0.5, 0.6) is 0 Å². The molecule has 0 bridgehead atoms. The predicted molar refractivity (Wildman–Crippen MR) is 145 cm³/mol. The minimum absolute atomic E-state index is 0.00335. The Hall–Kier alpha value is -2.97. The molecule has 1 rings (SSSR count). The summed E-state index contributed by atoms with van der Waals surface area (Å²) >= 11 is 0. The third-order valence-corrected chi connectivity index (χ3v) is 7.24. The summed E-state index contributed by atoms with van der Waals surface area (Å²) in [5.74, 6) is -5.64. The number of carbonyl (C=O) groups is 5. The summed E-state index contributed by atoms with van der Waals surface area (Å²) in [6.45, 7) is 4.08. The molecular weight excluding hydrogens is 504 g/mol. The maximum atomic E-state index is 13.4. The van der Waals surface area contributed by atoms with Crippen LogP contribution in [0.2, 0.25) is 0 Å². The van der Waals surface area contributed by atoms with Crippen LogP contribution in [0, 0.1) is 29.6 Å². The molecule has 4 atom stereocenters. The van der Waals surface area contributed by atoms with E-state index in [9.17, 15) is 24.0 Å². The van der Waals surface area contributed by atoms with Crippen LogP contribution in [-0.4, -0.2) is 57.6 Å². The maximum absolute atomic E-state index is 13.4. The van der Waals surface area contributed by atoms with Crippen molar-refractivity contribution in [3.63, 3.8) is 0 Å². The highest BCUT2D eigenvalue weighted by molar-refractivity contribution is 5.97. The highest BCUT2D eigenvalue weighted by Gasteiger charge is 2.52. The van der Waals surface area contributed by atoms with Crippen LogP contribution in [-0.2, 0) is 42.9 Å². The van der Waals surface area contributed by atoms with Crippen LogP contribution in [0.4, 0.5) is 0 Å². The van der Waals surface area contributed by atoms with Crippen molar-refractivity contribution in [3.05, 3.63) is 24.3 Å². The summed E-state index contributed by atoms with van der Waals surface area (Å²) in [4.78, 5) is 62.8. The first-order valence-electron chi connectivity index (χ1n) is 14.0. The molecule has 0 aromatic rings. The highest BCUT2D eigenvalue weighted by atomic mass is 16.5. The fraction of sp³-hybridized carbons (Fsp3) is 0.700. The monoisotopic (exact) mass is 550 g/mol. The number of ether oxygens (including phenoxy) is 4. The second-order valence-corrected chi connectivity index (χ2v) is 9.81. The molecule has 220 valence electrons. The third kappa shape index (κ3) is 11.3. The van der Waals surface area contributed by atoms with E-state index in [4.69, 9.17) is 14.2 Å². The number of allylic oxidation sites excluding steroid dienone is 4. The molecule has 0 amide bonds. The first kappa shape index (κ1) is 34.1. The zero-order chi connectivity index (χ0) is 29.2. The first-order valence-corrected chi connectivity index (χ1v) is 14.0. The topological polar surface area (TPSA) is 122 Å². The van der Waals surface area contributed by atoms with Crippen LogP contribution in [0.15, 0.2) is 24.3 Å². The van der Waals surface area contributed by atoms with Gasteiger partial charge in [-0.05, 0) is 56.8 Å². The van der Waals surface area contributed by atoms with Crippen molar-refractivity contribution in [2.24, 2.45) is 29.6 Å². The second-order valence-electron chi connectivity index (χ2n) is 9.81. The Morgan fingerprint density at radius 2 is 1.54 bits per heavy atom. The van der Waals surface area contributed by atoms with Crippen LogP contribution < -0.4 is 0 Å². The number of rotatable bonds is 18. The lowest BCUT2D eigenvalue weighted by Crippen LogP contribution is -2.39. The quantitative estimate of drug-likeness (QED) is 0.0781. The number of Topliss-reactive ketones (excluding diaryl/α,β-unsaturated/α-hetero) is 1. The Balaban J connectivity index is 3.35. The van der Waals surface area contributed by atoms with E-state index in [0.29, 0.717) is 25.7 Å². The molecule has 0 spiro atoms. The Morgan fingerprint density at radius 3 is 2.13 bits per heavy atom. The van der Waals surface area contributed by atoms with Crippen molar-refractivity contribution in [1.29, 1.82) is 0 Å². The molecule has 2 unspecified atom stereocenters. The number of unbranched alkanes of at least 4 members (excludes halogenated alkanes) is 4. The van der Waals surface area contributed by atoms with E-state index in [1.54, 1.807) is 6.92 Å². The fourth-order valence-electron chi connectivity index (χ4n) is 5.33. The summed E-state index contributed by atoms with van der Waals surface area (Å²) in [6.07, 6.45) is 13.7. The van der Waals surface area contributed by atoms with Gasteiger partial charge >= 0.3 is 23.9 Å². The number of ketones is 1. The van der Waals surface area contributed by atoms with Crippen molar-refractivity contribution >= 4 is 29.7 Å². The summed E-state index contributed by atoms with van der Waals surface area (Å²) in [5, 5.41) is 0. The van der Waals surface area contributed by atoms with Gasteiger partial charge in [0.15, 0.2) is 5.92 Å². The van der Waals surface area contributed by atoms with E-state index < -0.39 is 47.5 Å². The van der Waals surface area contributed by atoms with Crippen LogP contribution >= 0.6 is 0 Å². The zero-order valence-electron chi connectivity index (χ0n) is 24.1. The van der Waals surface area contributed by atoms with Gasteiger partial charge in [-0.15, -0.1) is 0 Å². The van der Waals surface area contributed by atoms with E-state index in [0.717, 1.165) is 25.7 Å². The minimum atomic E-state index is -1.28. The van der Waals surface area contributed by atoms with Crippen LogP contribution in [0.3, 0.4) is 0 Å². The van der Waals surface area contributed by atoms with Crippen molar-refractivity contribution in [2.45, 2.75) is 78.1 Å². The standard InChI is InChI=1S/C30H46O9/c1-6-8-9-10-13-16-21(19-26(33)39-7-2)27-22(17-14-11-12-15-18-25(32)36-3)24(31)20-23(27)28(29(34)37-4)30(35)38-5/h11,13-14,16,21-23,27-28H,6-10,12,15,17-20H2,1-5H3/b14-11-,16-13+/t21?,22-,23-,27?/m0/s1. The summed E-state index contributed by atoms with van der Waals surface area (Å²) in [6, 6.07) is 0. The lowest BCUT2D eigenvalue weighted by Gasteiger charge is -2.32. The van der Waals surface area contributed by atoms with Gasteiger partial charge in [-0.2, -0.15) is 0 Å². The average molecular weight is 551 g/mol. The van der Waals surface area contributed by atoms with Gasteiger partial charge in [0.05, 0.1) is 34.4 Å². The largest absolute Gasteiger partial charge is 0.469 e. The Kier molecular flexibility index (Phi) is 16.7.